The molecule has 0 fully saturated rings. The van der Waals surface area contributed by atoms with Crippen LogP contribution in [0.25, 0.3) is 0 Å². The first kappa shape index (κ1) is 21.8. The monoisotopic (exact) mass is 519 g/mol. The Morgan fingerprint density at radius 3 is 2.58 bits per heavy atom. The van der Waals surface area contributed by atoms with Crippen molar-refractivity contribution in [3.63, 3.8) is 0 Å². The molecule has 0 aliphatic carbocycles. The van der Waals surface area contributed by atoms with Crippen molar-refractivity contribution in [1.29, 1.82) is 0 Å². The molecule has 0 spiro atoms. The Balaban J connectivity index is 0.00000288. The number of aliphatic imine (C=N–C) groups is 1. The van der Waals surface area contributed by atoms with Crippen LogP contribution < -0.4 is 11.1 Å². The minimum atomic E-state index is -0.734. The van der Waals surface area contributed by atoms with Gasteiger partial charge in [-0.15, -0.1) is 35.3 Å². The molecule has 0 saturated carbocycles. The highest BCUT2D eigenvalue weighted by atomic mass is 127. The molecular formula is C15H17Cl3IN3OS. The van der Waals surface area contributed by atoms with Crippen molar-refractivity contribution in [2.45, 2.75) is 19.1 Å². The number of hydrogen-bond donors (Lipinski definition) is 3. The minimum Gasteiger partial charge on any atom is -0.386 e. The van der Waals surface area contributed by atoms with Crippen molar-refractivity contribution >= 4 is 76.1 Å². The first-order valence-electron chi connectivity index (χ1n) is 6.81. The lowest BCUT2D eigenvalue weighted by Crippen LogP contribution is -2.34. The van der Waals surface area contributed by atoms with Crippen molar-refractivity contribution in [3.05, 3.63) is 55.2 Å². The smallest absolute Gasteiger partial charge is 0.189 e. The molecule has 4 nitrogen and oxygen atoms in total. The molecule has 9 heteroatoms. The van der Waals surface area contributed by atoms with Gasteiger partial charge in [0.05, 0.1) is 16.9 Å². The van der Waals surface area contributed by atoms with Gasteiger partial charge in [-0.1, -0.05) is 40.9 Å². The van der Waals surface area contributed by atoms with E-state index in [1.165, 1.54) is 11.3 Å². The number of guanidine groups is 1. The number of hydrogen-bond acceptors (Lipinski definition) is 3. The minimum absolute atomic E-state index is 0. The molecule has 4 N–H and O–H groups in total. The number of thiophene rings is 1. The molecule has 24 heavy (non-hydrogen) atoms. The molecule has 2 rings (SSSR count). The largest absolute Gasteiger partial charge is 0.386 e. The second-order valence-corrected chi connectivity index (χ2v) is 7.51. The van der Waals surface area contributed by atoms with Gasteiger partial charge in [0.25, 0.3) is 0 Å². The first-order valence-corrected chi connectivity index (χ1v) is 8.76. The van der Waals surface area contributed by atoms with E-state index in [9.17, 15) is 5.11 Å². The molecule has 1 aromatic heterocycles. The Morgan fingerprint density at radius 2 is 2.00 bits per heavy atom. The molecule has 0 aliphatic rings. The number of rotatable bonds is 5. The number of halogens is 4. The maximum Gasteiger partial charge on any atom is 0.189 e. The number of nitrogens with one attached hydrogen (secondary N) is 1. The van der Waals surface area contributed by atoms with Gasteiger partial charge in [0.1, 0.15) is 6.10 Å². The summed E-state index contributed by atoms with van der Waals surface area (Å²) in [6, 6.07) is 8.63. The van der Waals surface area contributed by atoms with E-state index in [4.69, 9.17) is 40.5 Å². The lowest BCUT2D eigenvalue weighted by Gasteiger charge is -2.17. The fourth-order valence-electron chi connectivity index (χ4n) is 1.98. The van der Waals surface area contributed by atoms with Crippen LogP contribution in [0, 0.1) is 0 Å². The summed E-state index contributed by atoms with van der Waals surface area (Å²) < 4.78 is 0.625. The standard InChI is InChI=1S/C15H16Cl3N3OS.HI/c1-8(10-3-2-9(16)6-11(10)17)21-15(19)20-7-12(22)13-4-5-14(18)23-13;/h2-6,8,12,22H,7H2,1H3,(H3,19,20,21);1H. The molecule has 1 aromatic carbocycles. The maximum atomic E-state index is 10.0. The molecule has 0 radical (unpaired) electrons. The van der Waals surface area contributed by atoms with Crippen molar-refractivity contribution in [2.75, 3.05) is 6.54 Å². The number of aliphatic hydroxyl groups excluding tert-OH is 1. The summed E-state index contributed by atoms with van der Waals surface area (Å²) in [4.78, 5) is 4.90. The summed E-state index contributed by atoms with van der Waals surface area (Å²) >= 11 is 19.2. The number of nitrogens with zero attached hydrogens (tertiary/aromatic N) is 1. The van der Waals surface area contributed by atoms with Crippen LogP contribution in [0.3, 0.4) is 0 Å². The van der Waals surface area contributed by atoms with Crippen molar-refractivity contribution in [3.8, 4) is 0 Å². The highest BCUT2D eigenvalue weighted by molar-refractivity contribution is 14.0. The Bertz CT molecular complexity index is 711. The first-order chi connectivity index (χ1) is 10.9. The maximum absolute atomic E-state index is 10.0. The van der Waals surface area contributed by atoms with E-state index < -0.39 is 6.10 Å². The molecular weight excluding hydrogens is 504 g/mol. The van der Waals surface area contributed by atoms with E-state index in [0.29, 0.717) is 14.4 Å². The number of aliphatic hydroxyl groups is 1. The van der Waals surface area contributed by atoms with Gasteiger partial charge < -0.3 is 16.2 Å². The lowest BCUT2D eigenvalue weighted by molar-refractivity contribution is 0.191. The van der Waals surface area contributed by atoms with Crippen LogP contribution in [-0.2, 0) is 0 Å². The highest BCUT2D eigenvalue weighted by Crippen LogP contribution is 2.27. The number of nitrogens with two attached hydrogens (primary N) is 1. The molecule has 0 saturated heterocycles. The van der Waals surface area contributed by atoms with Crippen LogP contribution in [0.5, 0.6) is 0 Å². The van der Waals surface area contributed by atoms with E-state index >= 15 is 0 Å². The van der Waals surface area contributed by atoms with Gasteiger partial charge in [-0.05, 0) is 36.8 Å². The molecule has 2 aromatic rings. The van der Waals surface area contributed by atoms with E-state index in [1.807, 2.05) is 13.0 Å². The van der Waals surface area contributed by atoms with Crippen LogP contribution in [0.2, 0.25) is 14.4 Å². The molecule has 1 heterocycles. The predicted molar refractivity (Wildman–Crippen MR) is 114 cm³/mol. The molecule has 0 bridgehead atoms. The molecule has 0 amide bonds. The summed E-state index contributed by atoms with van der Waals surface area (Å²) in [6.07, 6.45) is -0.734. The van der Waals surface area contributed by atoms with Crippen molar-refractivity contribution < 1.29 is 5.11 Å². The second-order valence-electron chi connectivity index (χ2n) is 4.92. The zero-order chi connectivity index (χ0) is 17.0. The SMILES string of the molecule is CC(NC(N)=NCC(O)c1ccc(Cl)s1)c1ccc(Cl)cc1Cl.I. The highest BCUT2D eigenvalue weighted by Gasteiger charge is 2.12. The zero-order valence-corrected chi connectivity index (χ0v) is 18.1. The van der Waals surface area contributed by atoms with Gasteiger partial charge >= 0.3 is 0 Å². The third-order valence-corrected chi connectivity index (χ3v) is 5.05. The average molecular weight is 521 g/mol. The molecule has 0 aliphatic heterocycles. The topological polar surface area (TPSA) is 70.6 Å². The van der Waals surface area contributed by atoms with Crippen LogP contribution in [0.15, 0.2) is 35.3 Å². The normalized spacial score (nSPS) is 14.0. The van der Waals surface area contributed by atoms with E-state index in [-0.39, 0.29) is 42.5 Å². The Kier molecular flexibility index (Phi) is 9.11. The Morgan fingerprint density at radius 1 is 1.29 bits per heavy atom. The van der Waals surface area contributed by atoms with Crippen molar-refractivity contribution in [1.82, 2.24) is 5.32 Å². The molecule has 132 valence electrons. The van der Waals surface area contributed by atoms with Gasteiger partial charge in [0, 0.05) is 14.9 Å². The predicted octanol–water partition coefficient (Wildman–Crippen LogP) is 5.03. The van der Waals surface area contributed by atoms with Crippen LogP contribution in [0.1, 0.15) is 29.5 Å². The van der Waals surface area contributed by atoms with E-state index in [2.05, 4.69) is 10.3 Å². The summed E-state index contributed by atoms with van der Waals surface area (Å²) in [5, 5.41) is 14.2. The Hall–Kier alpha value is -0.250. The quantitative estimate of drug-likeness (QED) is 0.294. The summed E-state index contributed by atoms with van der Waals surface area (Å²) in [6.45, 7) is 2.06. The number of benzene rings is 1. The van der Waals surface area contributed by atoms with Crippen molar-refractivity contribution in [2.24, 2.45) is 10.7 Å². The van der Waals surface area contributed by atoms with Gasteiger partial charge in [-0.2, -0.15) is 0 Å². The fourth-order valence-corrected chi connectivity index (χ4v) is 3.59. The van der Waals surface area contributed by atoms with Crippen LogP contribution >= 0.6 is 70.1 Å². The second kappa shape index (κ2) is 10.0. The van der Waals surface area contributed by atoms with E-state index in [1.54, 1.807) is 24.3 Å². The molecule has 2 unspecified atom stereocenters. The molecule has 2 atom stereocenters. The van der Waals surface area contributed by atoms with Gasteiger partial charge in [0.15, 0.2) is 5.96 Å². The summed E-state index contributed by atoms with van der Waals surface area (Å²) in [5.41, 5.74) is 6.72. The average Bonchev–Trinajstić information content (AvgIpc) is 2.91. The zero-order valence-electron chi connectivity index (χ0n) is 12.7. The van der Waals surface area contributed by atoms with Crippen LogP contribution in [0.4, 0.5) is 0 Å². The third kappa shape index (κ3) is 6.24. The van der Waals surface area contributed by atoms with E-state index in [0.717, 1.165) is 10.4 Å². The van der Waals surface area contributed by atoms with Gasteiger partial charge in [-0.3, -0.25) is 4.99 Å². The van der Waals surface area contributed by atoms with Gasteiger partial charge in [-0.25, -0.2) is 0 Å². The Labute approximate surface area is 177 Å². The summed E-state index contributed by atoms with van der Waals surface area (Å²) in [5.74, 6) is 0.227. The lowest BCUT2D eigenvalue weighted by atomic mass is 10.1. The van der Waals surface area contributed by atoms with Crippen LogP contribution in [-0.4, -0.2) is 17.6 Å². The summed E-state index contributed by atoms with van der Waals surface area (Å²) in [7, 11) is 0. The fraction of sp³-hybridized carbons (Fsp3) is 0.267. The van der Waals surface area contributed by atoms with Gasteiger partial charge in [0.2, 0.25) is 0 Å². The third-order valence-electron chi connectivity index (χ3n) is 3.15.